The molecule has 0 aliphatic carbocycles. The molecule has 0 saturated heterocycles. The van der Waals surface area contributed by atoms with Gasteiger partial charge in [-0.25, -0.2) is 0 Å². The molecule has 19 heavy (non-hydrogen) atoms. The molecule has 1 heterocycles. The largest absolute Gasteiger partial charge is 0.346 e. The number of allylic oxidation sites excluding steroid dienone is 2. The molecule has 3 rings (SSSR count). The first-order valence-corrected chi connectivity index (χ1v) is 7.75. The number of benzene rings is 2. The molecule has 0 spiro atoms. The topological polar surface area (TPSA) is 3.24 Å². The van der Waals surface area contributed by atoms with Gasteiger partial charge in [0.25, 0.3) is 0 Å². The molecule has 0 bridgehead atoms. The summed E-state index contributed by atoms with van der Waals surface area (Å²) in [6.07, 6.45) is 8.64. The highest BCUT2D eigenvalue weighted by atomic mass is 31.1. The van der Waals surface area contributed by atoms with E-state index in [1.807, 2.05) is 0 Å². The number of hydrogen-bond donors (Lipinski definition) is 0. The fourth-order valence-corrected chi connectivity index (χ4v) is 4.46. The van der Waals surface area contributed by atoms with Gasteiger partial charge in [-0.1, -0.05) is 72.8 Å². The molecule has 0 amide bonds. The van der Waals surface area contributed by atoms with Gasteiger partial charge in [0.1, 0.15) is 0 Å². The molecule has 1 aliphatic heterocycles. The van der Waals surface area contributed by atoms with Crippen LogP contribution in [0.15, 0.2) is 85.1 Å². The summed E-state index contributed by atoms with van der Waals surface area (Å²) in [6, 6.07) is 21.6. The zero-order valence-electron chi connectivity index (χ0n) is 10.7. The van der Waals surface area contributed by atoms with Crippen molar-refractivity contribution in [3.05, 3.63) is 85.1 Å². The van der Waals surface area contributed by atoms with Gasteiger partial charge in [-0.05, 0) is 6.08 Å². The summed E-state index contributed by atoms with van der Waals surface area (Å²) in [7, 11) is -0.474. The van der Waals surface area contributed by atoms with E-state index < -0.39 is 8.07 Å². The van der Waals surface area contributed by atoms with Gasteiger partial charge in [-0.2, -0.15) is 0 Å². The summed E-state index contributed by atoms with van der Waals surface area (Å²) in [5, 5.41) is 2.78. The third kappa shape index (κ3) is 2.77. The predicted molar refractivity (Wildman–Crippen MR) is 84.1 cm³/mol. The van der Waals surface area contributed by atoms with Crippen LogP contribution in [0.3, 0.4) is 0 Å². The van der Waals surface area contributed by atoms with Crippen molar-refractivity contribution >= 4 is 18.7 Å². The number of hydrogen-bond acceptors (Lipinski definition) is 1. The Morgan fingerprint density at radius 2 is 1.32 bits per heavy atom. The van der Waals surface area contributed by atoms with E-state index in [2.05, 4.69) is 89.8 Å². The Morgan fingerprint density at radius 1 is 0.737 bits per heavy atom. The van der Waals surface area contributed by atoms with Crippen LogP contribution in [0.2, 0.25) is 0 Å². The molecule has 1 nitrogen and oxygen atoms in total. The molecule has 1 aliphatic rings. The normalized spacial score (nSPS) is 14.1. The van der Waals surface area contributed by atoms with Gasteiger partial charge in [-0.3, -0.25) is 0 Å². The maximum absolute atomic E-state index is 2.43. The fraction of sp³-hybridized carbons (Fsp3) is 0.0588. The van der Waals surface area contributed by atoms with Crippen molar-refractivity contribution in [1.29, 1.82) is 0 Å². The average Bonchev–Trinajstić information content (AvgIpc) is 2.51. The molecule has 0 fully saturated rings. The zero-order chi connectivity index (χ0) is 12.9. The van der Waals surface area contributed by atoms with Crippen LogP contribution in [-0.2, 0) is 0 Å². The van der Waals surface area contributed by atoms with E-state index in [1.165, 1.54) is 10.6 Å². The molecular weight excluding hydrogens is 249 g/mol. The monoisotopic (exact) mass is 265 g/mol. The SMILES string of the molecule is C1=CCN(P(c2ccccc2)c2ccccc2)C=C1. The fourth-order valence-electron chi connectivity index (χ4n) is 2.19. The van der Waals surface area contributed by atoms with Crippen molar-refractivity contribution in [2.24, 2.45) is 0 Å². The van der Waals surface area contributed by atoms with Crippen molar-refractivity contribution in [2.45, 2.75) is 0 Å². The Bertz CT molecular complexity index is 535. The van der Waals surface area contributed by atoms with E-state index in [0.29, 0.717) is 0 Å². The maximum Gasteiger partial charge on any atom is 0.0548 e. The lowest BCUT2D eigenvalue weighted by atomic mass is 10.4. The molecule has 0 atom stereocenters. The van der Waals surface area contributed by atoms with Crippen molar-refractivity contribution in [2.75, 3.05) is 6.54 Å². The predicted octanol–water partition coefficient (Wildman–Crippen LogP) is 3.42. The standard InChI is InChI=1S/C17H16NP/c1-4-10-16(11-5-1)19(17-12-6-2-7-13-17)18-14-8-3-9-15-18/h1-14H,15H2. The van der Waals surface area contributed by atoms with Crippen LogP contribution in [0.25, 0.3) is 0 Å². The quantitative estimate of drug-likeness (QED) is 0.769. The van der Waals surface area contributed by atoms with Crippen LogP contribution in [-0.4, -0.2) is 11.2 Å². The van der Waals surface area contributed by atoms with Gasteiger partial charge in [0.15, 0.2) is 0 Å². The molecule has 94 valence electrons. The van der Waals surface area contributed by atoms with E-state index in [9.17, 15) is 0 Å². The lowest BCUT2D eigenvalue weighted by molar-refractivity contribution is 0.678. The van der Waals surface area contributed by atoms with Gasteiger partial charge in [0.2, 0.25) is 0 Å². The lowest BCUT2D eigenvalue weighted by Gasteiger charge is -2.31. The lowest BCUT2D eigenvalue weighted by Crippen LogP contribution is -2.25. The van der Waals surface area contributed by atoms with E-state index in [-0.39, 0.29) is 0 Å². The summed E-state index contributed by atoms with van der Waals surface area (Å²) >= 11 is 0. The van der Waals surface area contributed by atoms with Crippen molar-refractivity contribution in [3.63, 3.8) is 0 Å². The molecule has 2 aromatic rings. The minimum absolute atomic E-state index is 0.474. The molecule has 0 N–H and O–H groups in total. The van der Waals surface area contributed by atoms with E-state index in [4.69, 9.17) is 0 Å². The molecule has 0 unspecified atom stereocenters. The minimum Gasteiger partial charge on any atom is -0.346 e. The van der Waals surface area contributed by atoms with Gasteiger partial charge in [0.05, 0.1) is 8.07 Å². The third-order valence-electron chi connectivity index (χ3n) is 3.06. The third-order valence-corrected chi connectivity index (χ3v) is 5.44. The number of rotatable bonds is 3. The number of nitrogens with zero attached hydrogens (tertiary/aromatic N) is 1. The van der Waals surface area contributed by atoms with Crippen LogP contribution in [0, 0.1) is 0 Å². The Morgan fingerprint density at radius 3 is 1.79 bits per heavy atom. The Hall–Kier alpha value is -1.85. The second-order valence-electron chi connectivity index (χ2n) is 4.37. The first-order valence-electron chi connectivity index (χ1n) is 6.45. The first kappa shape index (κ1) is 12.2. The molecule has 0 radical (unpaired) electrons. The van der Waals surface area contributed by atoms with Crippen LogP contribution in [0.1, 0.15) is 0 Å². The van der Waals surface area contributed by atoms with Crippen LogP contribution >= 0.6 is 8.07 Å². The van der Waals surface area contributed by atoms with Gasteiger partial charge < -0.3 is 4.67 Å². The Balaban J connectivity index is 2.01. The summed E-state index contributed by atoms with van der Waals surface area (Å²) < 4.78 is 2.43. The maximum atomic E-state index is 2.43. The summed E-state index contributed by atoms with van der Waals surface area (Å²) in [4.78, 5) is 0. The van der Waals surface area contributed by atoms with Crippen LogP contribution in [0.5, 0.6) is 0 Å². The van der Waals surface area contributed by atoms with E-state index >= 15 is 0 Å². The molecule has 0 saturated carbocycles. The smallest absolute Gasteiger partial charge is 0.0548 e. The van der Waals surface area contributed by atoms with Crippen molar-refractivity contribution in [1.82, 2.24) is 4.67 Å². The average molecular weight is 265 g/mol. The highest BCUT2D eigenvalue weighted by Gasteiger charge is 2.19. The summed E-state index contributed by atoms with van der Waals surface area (Å²) in [6.45, 7) is 0.978. The highest BCUT2D eigenvalue weighted by Crippen LogP contribution is 2.39. The molecule has 0 aromatic heterocycles. The zero-order valence-corrected chi connectivity index (χ0v) is 11.6. The first-order chi connectivity index (χ1) is 9.45. The molecule has 2 aromatic carbocycles. The highest BCUT2D eigenvalue weighted by molar-refractivity contribution is 7.70. The summed E-state index contributed by atoms with van der Waals surface area (Å²) in [5.74, 6) is 0. The van der Waals surface area contributed by atoms with Gasteiger partial charge in [-0.15, -0.1) is 0 Å². The Labute approximate surface area is 115 Å². The van der Waals surface area contributed by atoms with E-state index in [0.717, 1.165) is 6.54 Å². The van der Waals surface area contributed by atoms with Crippen LogP contribution in [0.4, 0.5) is 0 Å². The van der Waals surface area contributed by atoms with Crippen molar-refractivity contribution in [3.8, 4) is 0 Å². The molecular formula is C17H16NP. The second kappa shape index (κ2) is 5.86. The summed E-state index contributed by atoms with van der Waals surface area (Å²) in [5.41, 5.74) is 0. The van der Waals surface area contributed by atoms with E-state index in [1.54, 1.807) is 0 Å². The van der Waals surface area contributed by atoms with Gasteiger partial charge >= 0.3 is 0 Å². The molecule has 2 heteroatoms. The van der Waals surface area contributed by atoms with Crippen LogP contribution < -0.4 is 10.6 Å². The Kier molecular flexibility index (Phi) is 3.76. The van der Waals surface area contributed by atoms with Crippen molar-refractivity contribution < 1.29 is 0 Å². The second-order valence-corrected chi connectivity index (χ2v) is 6.54. The minimum atomic E-state index is -0.474. The van der Waals surface area contributed by atoms with Gasteiger partial charge in [0, 0.05) is 23.4 Å².